The molecule has 0 fully saturated rings. The predicted octanol–water partition coefficient (Wildman–Crippen LogP) is 29.3. The van der Waals surface area contributed by atoms with Gasteiger partial charge in [-0.1, -0.05) is 423 Å². The molecule has 0 radical (unpaired) electrons. The van der Waals surface area contributed by atoms with Crippen LogP contribution < -0.4 is 79.9 Å². The molecule has 14 heteroatoms. The van der Waals surface area contributed by atoms with Crippen molar-refractivity contribution in [2.24, 2.45) is 0 Å². The van der Waals surface area contributed by atoms with Crippen molar-refractivity contribution in [3.05, 3.63) is 408 Å². The zero-order valence-corrected chi connectivity index (χ0v) is 100. The van der Waals surface area contributed by atoms with E-state index in [0.717, 1.165) is 34.1 Å². The lowest BCUT2D eigenvalue weighted by Crippen LogP contribution is -2.74. The van der Waals surface area contributed by atoms with Crippen molar-refractivity contribution in [2.45, 2.75) is 251 Å². The van der Waals surface area contributed by atoms with Gasteiger partial charge in [0.15, 0.2) is 27.6 Å². The van der Waals surface area contributed by atoms with Gasteiger partial charge in [0.05, 0.1) is 0 Å². The molecule has 0 unspecified atom stereocenters. The van der Waals surface area contributed by atoms with Gasteiger partial charge in [0, 0.05) is 49.7 Å². The highest BCUT2D eigenvalue weighted by molar-refractivity contribution is 8.04. The van der Waals surface area contributed by atoms with E-state index in [1.165, 1.54) is 160 Å². The third kappa shape index (κ3) is 19.2. The Labute approximate surface area is 895 Å². The first kappa shape index (κ1) is 104. The number of hydrogen-bond donors (Lipinski definition) is 0. The molecule has 16 aromatic carbocycles. The molecule has 0 aromatic heterocycles. The van der Waals surface area contributed by atoms with Crippen LogP contribution in [0.3, 0.4) is 0 Å². The minimum Gasteiger partial charge on any atom is -0.537 e. The lowest BCUT2D eigenvalue weighted by molar-refractivity contribution is 0.492. The van der Waals surface area contributed by atoms with E-state index in [-0.39, 0.29) is 40.6 Å². The molecule has 0 bridgehead atoms. The number of benzene rings is 16. The highest BCUT2D eigenvalue weighted by Crippen LogP contribution is 2.61. The summed E-state index contributed by atoms with van der Waals surface area (Å²) >= 11 is 8.09. The summed E-state index contributed by atoms with van der Waals surface area (Å²) in [5.74, 6) is 3.36. The second-order valence-corrected chi connectivity index (χ2v) is 77.9. The quantitative estimate of drug-likeness (QED) is 0.0885. The summed E-state index contributed by atoms with van der Waals surface area (Å²) in [7, 11) is -16.3. The molecular weight excluding hydrogens is 1950 g/mol. The SMILES string of the molecule is CC(C)(C)c1ccc([Si](c2ccccc2)(c2ccccc2)c2ccc(C(C)(C)C)c(-c3cccc4c3O[Si](C)(C)c3ccccc3[Si](C)(C)O4)c2)cc1-c1cccc2c1O[Si](C)(C)c1ccccc1[Si](C)(C)O2.CC(C)(C)c1ccc([Si](c2ccccc2)(c2ccccc2)c2ccc(C(C)(C)C)c(-c3cccc4c3SC(C)(C)c3ccccc3C(C)(C)S4)c2)cc1-c1cccc2c1SC(C)(C)c1ccccc1C(C)(C)S2. The Balaban J connectivity index is 0.000000184. The normalized spacial score (nSPS) is 16.6. The van der Waals surface area contributed by atoms with Gasteiger partial charge in [-0.3, -0.25) is 0 Å². The van der Waals surface area contributed by atoms with Crippen molar-refractivity contribution >= 4 is 159 Å². The Morgan fingerprint density at radius 3 is 0.685 bits per heavy atom. The number of thioether (sulfide) groups is 4. The van der Waals surface area contributed by atoms with E-state index in [0.29, 0.717) is 0 Å². The van der Waals surface area contributed by atoms with Gasteiger partial charge in [-0.05, 0) is 294 Å². The Morgan fingerprint density at radius 2 is 0.425 bits per heavy atom. The zero-order chi connectivity index (χ0) is 104. The Bertz CT molecular complexity index is 6760. The van der Waals surface area contributed by atoms with Crippen LogP contribution in [0.2, 0.25) is 52.4 Å². The number of rotatable bonds is 12. The van der Waals surface area contributed by atoms with E-state index in [2.05, 4.69) is 555 Å². The predicted molar refractivity (Wildman–Crippen MR) is 649 cm³/mol. The van der Waals surface area contributed by atoms with Gasteiger partial charge >= 0.3 is 0 Å². The molecule has 146 heavy (non-hydrogen) atoms. The van der Waals surface area contributed by atoms with Gasteiger partial charge in [-0.2, -0.15) is 0 Å². The van der Waals surface area contributed by atoms with Crippen molar-refractivity contribution in [3.8, 4) is 67.5 Å². The van der Waals surface area contributed by atoms with E-state index >= 15 is 0 Å². The fourth-order valence-corrected chi connectivity index (χ4v) is 50.5. The average Bonchev–Trinajstić information content (AvgIpc) is 0.713. The van der Waals surface area contributed by atoms with Crippen LogP contribution in [0.5, 0.6) is 23.0 Å². The van der Waals surface area contributed by atoms with Crippen molar-refractivity contribution in [3.63, 3.8) is 0 Å². The standard InChI is InChI=1S/C68H72S4Si.C64H72O4Si5/c1-63(2,3)53-41-39-47(43-51(53)49-31-25-37-59-61(49)71-67(11,12)57-35-23-21-33-55(57)65(7,8)69-59)73(45-27-17-15-18-28-45,46-29-19-16-20-30-46)48-40-42-54(64(4,5)6)52(44-48)50-32-26-38-60-62(50)72-68(13,14)58-36-24-22-34-56(58)66(9,10)70-60;1-63(2,3)53-41-39-47(43-51(53)49-31-25-33-55-61(49)67-71(11,12)59-37-23-21-35-57(59)69(7,8)65-55)73(45-27-17-15-18-28-45,46-29-19-16-20-30-46)48-40-42-54(64(4,5)6)52(44-48)50-32-26-34-56-62(50)68-72(13,14)60-38-24-22-36-58(60)70(9,10)66-56/h2*15-44H,1-14H3. The molecule has 4 heterocycles. The van der Waals surface area contributed by atoms with Crippen molar-refractivity contribution in [1.29, 1.82) is 0 Å². The molecule has 0 atom stereocenters. The summed E-state index contributed by atoms with van der Waals surface area (Å²) in [5.41, 5.74) is 20.1. The van der Waals surface area contributed by atoms with Gasteiger partial charge in [-0.15, -0.1) is 47.0 Å². The molecule has 20 rings (SSSR count). The smallest absolute Gasteiger partial charge is 0.277 e. The monoisotopic (exact) mass is 2090 g/mol. The summed E-state index contributed by atoms with van der Waals surface area (Å²) in [6, 6.07) is 139. The molecule has 0 saturated carbocycles. The van der Waals surface area contributed by atoms with E-state index in [1.54, 1.807) is 0 Å². The summed E-state index contributed by atoms with van der Waals surface area (Å²) < 4.78 is 29.0. The Kier molecular flexibility index (Phi) is 27.4. The van der Waals surface area contributed by atoms with Crippen molar-refractivity contribution in [2.75, 3.05) is 0 Å². The molecule has 0 aliphatic carbocycles. The second kappa shape index (κ2) is 38.5. The maximum absolute atomic E-state index is 7.53. The molecule has 4 aliphatic heterocycles. The minimum atomic E-state index is -3.21. The number of para-hydroxylation sites is 2. The summed E-state index contributed by atoms with van der Waals surface area (Å²) in [5, 5.41) is 16.0. The average molecular weight is 2090 g/mol. The molecule has 4 aliphatic rings. The highest BCUT2D eigenvalue weighted by Gasteiger charge is 2.51. The maximum Gasteiger partial charge on any atom is 0.277 e. The van der Waals surface area contributed by atoms with Gasteiger partial charge < -0.3 is 17.7 Å². The molecular formula is C132H144O4S4Si6. The van der Waals surface area contributed by atoms with Crippen LogP contribution in [-0.2, 0) is 40.6 Å². The molecule has 0 spiro atoms. The van der Waals surface area contributed by atoms with E-state index in [4.69, 9.17) is 17.7 Å². The van der Waals surface area contributed by atoms with E-state index < -0.39 is 49.4 Å². The number of fused-ring (bicyclic) bond motifs is 8. The largest absolute Gasteiger partial charge is 0.537 e. The molecule has 744 valence electrons. The van der Waals surface area contributed by atoms with Gasteiger partial charge in [-0.25, -0.2) is 0 Å². The third-order valence-electron chi connectivity index (χ3n) is 30.7. The lowest BCUT2D eigenvalue weighted by Gasteiger charge is -2.39. The summed E-state index contributed by atoms with van der Waals surface area (Å²) in [4.78, 5) is 5.44. The zero-order valence-electron chi connectivity index (χ0n) is 90.9. The van der Waals surface area contributed by atoms with Gasteiger partial charge in [0.2, 0.25) is 0 Å². The summed E-state index contributed by atoms with van der Waals surface area (Å²) in [6.07, 6.45) is 0. The molecule has 0 saturated heterocycles. The first-order chi connectivity index (χ1) is 68.9. The number of hydrogen-bond acceptors (Lipinski definition) is 8. The first-order valence-corrected chi connectivity index (χ1v) is 71.0. The van der Waals surface area contributed by atoms with Crippen LogP contribution in [0.15, 0.2) is 384 Å². The maximum atomic E-state index is 7.53. The van der Waals surface area contributed by atoms with Crippen LogP contribution in [-0.4, -0.2) is 49.4 Å². The Hall–Kier alpha value is -10.6. The van der Waals surface area contributed by atoms with Crippen molar-refractivity contribution in [1.82, 2.24) is 0 Å². The lowest BCUT2D eigenvalue weighted by atomic mass is 9.81. The molecule has 4 nitrogen and oxygen atoms in total. The van der Waals surface area contributed by atoms with Gasteiger partial charge in [0.1, 0.15) is 11.5 Å². The van der Waals surface area contributed by atoms with Crippen LogP contribution in [0.1, 0.15) is 183 Å². The molecule has 16 aromatic rings. The topological polar surface area (TPSA) is 36.9 Å². The van der Waals surface area contributed by atoms with E-state index in [1.807, 2.05) is 47.0 Å². The third-order valence-corrected chi connectivity index (χ3v) is 56.1. The Morgan fingerprint density at radius 1 is 0.205 bits per heavy atom. The van der Waals surface area contributed by atoms with Gasteiger partial charge in [0.25, 0.3) is 33.3 Å². The van der Waals surface area contributed by atoms with Crippen molar-refractivity contribution < 1.29 is 17.7 Å². The molecule has 0 amide bonds. The minimum absolute atomic E-state index is 0.120. The fourth-order valence-electron chi connectivity index (χ4n) is 23.7. The second-order valence-electron chi connectivity index (χ2n) is 48.6. The van der Waals surface area contributed by atoms with E-state index in [9.17, 15) is 0 Å². The first-order valence-electron chi connectivity index (χ1n) is 52.1. The molecule has 0 N–H and O–H groups in total. The van der Waals surface area contributed by atoms with Crippen LogP contribution in [0.25, 0.3) is 44.5 Å². The fraction of sp³-hybridized carbons (Fsp3) is 0.273. The highest BCUT2D eigenvalue weighted by atomic mass is 32.2. The van der Waals surface area contributed by atoms with Crippen LogP contribution >= 0.6 is 47.0 Å². The van der Waals surface area contributed by atoms with Crippen LogP contribution in [0, 0.1) is 0 Å². The van der Waals surface area contributed by atoms with Crippen LogP contribution in [0.4, 0.5) is 0 Å². The summed E-state index contributed by atoms with van der Waals surface area (Å²) in [6.45, 7) is 66.4.